The molecule has 0 aliphatic rings. The van der Waals surface area contributed by atoms with Crippen LogP contribution >= 0.6 is 0 Å². The van der Waals surface area contributed by atoms with Crippen LogP contribution in [0.25, 0.3) is 10.9 Å². The molecule has 1 heterocycles. The van der Waals surface area contributed by atoms with Crippen LogP contribution in [0.1, 0.15) is 22.8 Å². The van der Waals surface area contributed by atoms with Crippen LogP contribution in [0.2, 0.25) is 0 Å². The number of carboxylic acid groups (broad SMARTS) is 1. The Morgan fingerprint density at radius 3 is 2.93 bits per heavy atom. The Hall–Kier alpha value is -1.77. The van der Waals surface area contributed by atoms with E-state index in [-0.39, 0.29) is 0 Å². The summed E-state index contributed by atoms with van der Waals surface area (Å²) in [5.74, 6) is -0.888. The second-order valence-electron chi connectivity index (χ2n) is 3.24. The van der Waals surface area contributed by atoms with E-state index >= 15 is 0 Å². The normalized spacial score (nSPS) is 10.6. The van der Waals surface area contributed by atoms with Crippen molar-refractivity contribution in [1.29, 1.82) is 0 Å². The van der Waals surface area contributed by atoms with Crippen molar-refractivity contribution in [3.63, 3.8) is 0 Å². The number of aromatic nitrogens is 1. The lowest BCUT2D eigenvalue weighted by Gasteiger charge is -1.96. The van der Waals surface area contributed by atoms with Crippen molar-refractivity contribution in [1.82, 2.24) is 4.98 Å². The number of rotatable bonds is 2. The average molecular weight is 189 g/mol. The predicted octanol–water partition coefficient (Wildman–Crippen LogP) is 2.43. The van der Waals surface area contributed by atoms with E-state index in [1.54, 1.807) is 0 Å². The zero-order valence-electron chi connectivity index (χ0n) is 7.87. The monoisotopic (exact) mass is 189 g/mol. The third-order valence-corrected chi connectivity index (χ3v) is 2.38. The lowest BCUT2D eigenvalue weighted by Crippen LogP contribution is -1.93. The minimum atomic E-state index is -0.888. The number of fused-ring (bicyclic) bond motifs is 1. The molecule has 0 saturated carbocycles. The van der Waals surface area contributed by atoms with Crippen LogP contribution in [-0.2, 0) is 6.42 Å². The van der Waals surface area contributed by atoms with Crippen molar-refractivity contribution in [3.05, 3.63) is 35.5 Å². The predicted molar refractivity (Wildman–Crippen MR) is 54.6 cm³/mol. The molecule has 2 N–H and O–H groups in total. The number of hydrogen-bond acceptors (Lipinski definition) is 1. The SMILES string of the molecule is CCc1ccc2c(C(=O)O)c[nH]c2c1. The smallest absolute Gasteiger partial charge is 0.337 e. The summed E-state index contributed by atoms with van der Waals surface area (Å²) in [4.78, 5) is 13.8. The molecule has 2 aromatic rings. The number of hydrogen-bond donors (Lipinski definition) is 2. The molecule has 14 heavy (non-hydrogen) atoms. The van der Waals surface area contributed by atoms with Crippen molar-refractivity contribution in [2.45, 2.75) is 13.3 Å². The summed E-state index contributed by atoms with van der Waals surface area (Å²) < 4.78 is 0. The van der Waals surface area contributed by atoms with Crippen LogP contribution in [0, 0.1) is 0 Å². The molecule has 0 unspecified atom stereocenters. The summed E-state index contributed by atoms with van der Waals surface area (Å²) in [5.41, 5.74) is 2.43. The second-order valence-corrected chi connectivity index (χ2v) is 3.24. The molecule has 3 nitrogen and oxygen atoms in total. The Morgan fingerprint density at radius 1 is 1.50 bits per heavy atom. The standard InChI is InChI=1S/C11H11NO2/c1-2-7-3-4-8-9(11(13)14)6-12-10(8)5-7/h3-6,12H,2H2,1H3,(H,13,14). The number of carboxylic acids is 1. The van der Waals surface area contributed by atoms with E-state index in [1.165, 1.54) is 11.8 Å². The van der Waals surface area contributed by atoms with E-state index in [1.807, 2.05) is 18.2 Å². The topological polar surface area (TPSA) is 53.1 Å². The molecule has 0 saturated heterocycles. The Morgan fingerprint density at radius 2 is 2.29 bits per heavy atom. The van der Waals surface area contributed by atoms with Crippen molar-refractivity contribution >= 4 is 16.9 Å². The Balaban J connectivity index is 2.65. The number of aryl methyl sites for hydroxylation is 1. The number of carbonyl (C=O) groups is 1. The van der Waals surface area contributed by atoms with Gasteiger partial charge in [0.05, 0.1) is 5.56 Å². The van der Waals surface area contributed by atoms with E-state index in [0.29, 0.717) is 5.56 Å². The van der Waals surface area contributed by atoms with Crippen molar-refractivity contribution < 1.29 is 9.90 Å². The van der Waals surface area contributed by atoms with E-state index in [2.05, 4.69) is 11.9 Å². The van der Waals surface area contributed by atoms with E-state index in [0.717, 1.165) is 17.3 Å². The maximum atomic E-state index is 10.8. The fraction of sp³-hybridized carbons (Fsp3) is 0.182. The van der Waals surface area contributed by atoms with Gasteiger partial charge in [-0.3, -0.25) is 0 Å². The van der Waals surface area contributed by atoms with Crippen LogP contribution in [-0.4, -0.2) is 16.1 Å². The third-order valence-electron chi connectivity index (χ3n) is 2.38. The van der Waals surface area contributed by atoms with Gasteiger partial charge in [0.15, 0.2) is 0 Å². The highest BCUT2D eigenvalue weighted by atomic mass is 16.4. The van der Waals surface area contributed by atoms with Crippen molar-refractivity contribution in [2.75, 3.05) is 0 Å². The third kappa shape index (κ3) is 1.27. The summed E-state index contributed by atoms with van der Waals surface area (Å²) in [7, 11) is 0. The summed E-state index contributed by atoms with van der Waals surface area (Å²) in [6, 6.07) is 5.80. The molecule has 0 bridgehead atoms. The number of aromatic amines is 1. The molecule has 2 rings (SSSR count). The van der Waals surface area contributed by atoms with Gasteiger partial charge in [-0.2, -0.15) is 0 Å². The molecule has 1 aromatic carbocycles. The van der Waals surface area contributed by atoms with E-state index in [4.69, 9.17) is 5.11 Å². The molecular weight excluding hydrogens is 178 g/mol. The molecule has 72 valence electrons. The van der Waals surface area contributed by atoms with Crippen LogP contribution in [0.3, 0.4) is 0 Å². The van der Waals surface area contributed by atoms with E-state index in [9.17, 15) is 4.79 Å². The molecule has 0 amide bonds. The molecular formula is C11H11NO2. The van der Waals surface area contributed by atoms with Gasteiger partial charge in [-0.15, -0.1) is 0 Å². The van der Waals surface area contributed by atoms with E-state index < -0.39 is 5.97 Å². The molecule has 0 spiro atoms. The van der Waals surface area contributed by atoms with Crippen molar-refractivity contribution in [2.24, 2.45) is 0 Å². The fourth-order valence-electron chi connectivity index (χ4n) is 1.57. The minimum Gasteiger partial charge on any atom is -0.478 e. The van der Waals surface area contributed by atoms with Crippen LogP contribution in [0.4, 0.5) is 0 Å². The number of nitrogens with one attached hydrogen (secondary N) is 1. The van der Waals surface area contributed by atoms with Gasteiger partial charge in [0, 0.05) is 17.1 Å². The van der Waals surface area contributed by atoms with Crippen LogP contribution < -0.4 is 0 Å². The van der Waals surface area contributed by atoms with Gasteiger partial charge in [0.25, 0.3) is 0 Å². The van der Waals surface area contributed by atoms with Gasteiger partial charge < -0.3 is 10.1 Å². The Bertz CT molecular complexity index is 485. The highest BCUT2D eigenvalue weighted by Crippen LogP contribution is 2.19. The number of H-pyrrole nitrogens is 1. The van der Waals surface area contributed by atoms with Gasteiger partial charge in [0.1, 0.15) is 0 Å². The van der Waals surface area contributed by atoms with Gasteiger partial charge >= 0.3 is 5.97 Å². The highest BCUT2D eigenvalue weighted by Gasteiger charge is 2.09. The first kappa shape index (κ1) is 8.81. The summed E-state index contributed by atoms with van der Waals surface area (Å²) >= 11 is 0. The van der Waals surface area contributed by atoms with Crippen LogP contribution in [0.15, 0.2) is 24.4 Å². The lowest BCUT2D eigenvalue weighted by molar-refractivity contribution is 0.0699. The molecule has 1 aromatic heterocycles. The first-order valence-electron chi connectivity index (χ1n) is 4.55. The average Bonchev–Trinajstić information content (AvgIpc) is 2.59. The summed E-state index contributed by atoms with van der Waals surface area (Å²) in [5, 5.41) is 9.65. The highest BCUT2D eigenvalue weighted by molar-refractivity contribution is 6.03. The molecule has 0 radical (unpaired) electrons. The van der Waals surface area contributed by atoms with Crippen molar-refractivity contribution in [3.8, 4) is 0 Å². The second kappa shape index (κ2) is 3.18. The Kier molecular flexibility index (Phi) is 2.00. The van der Waals surface area contributed by atoms with Gasteiger partial charge in [-0.25, -0.2) is 4.79 Å². The zero-order chi connectivity index (χ0) is 10.1. The summed E-state index contributed by atoms with van der Waals surface area (Å²) in [6.07, 6.45) is 2.49. The zero-order valence-corrected chi connectivity index (χ0v) is 7.87. The maximum Gasteiger partial charge on any atom is 0.337 e. The molecule has 0 atom stereocenters. The largest absolute Gasteiger partial charge is 0.478 e. The number of benzene rings is 1. The quantitative estimate of drug-likeness (QED) is 0.762. The van der Waals surface area contributed by atoms with Gasteiger partial charge in [-0.05, 0) is 18.1 Å². The Labute approximate surface area is 81.4 Å². The van der Waals surface area contributed by atoms with Crippen LogP contribution in [0.5, 0.6) is 0 Å². The lowest BCUT2D eigenvalue weighted by atomic mass is 10.1. The molecule has 0 aliphatic heterocycles. The maximum absolute atomic E-state index is 10.8. The minimum absolute atomic E-state index is 0.336. The molecule has 3 heteroatoms. The molecule has 0 fully saturated rings. The number of aromatic carboxylic acids is 1. The van der Waals surface area contributed by atoms with Gasteiger partial charge in [-0.1, -0.05) is 19.1 Å². The van der Waals surface area contributed by atoms with Gasteiger partial charge in [0.2, 0.25) is 0 Å². The summed E-state index contributed by atoms with van der Waals surface area (Å²) in [6.45, 7) is 2.07. The molecule has 0 aliphatic carbocycles. The fourth-order valence-corrected chi connectivity index (χ4v) is 1.57. The first-order chi connectivity index (χ1) is 6.72. The first-order valence-corrected chi connectivity index (χ1v) is 4.55.